The van der Waals surface area contributed by atoms with E-state index in [1.807, 2.05) is 32.0 Å². The second-order valence-electron chi connectivity index (χ2n) is 9.02. The van der Waals surface area contributed by atoms with Crippen LogP contribution in [0.5, 0.6) is 11.5 Å². The Kier molecular flexibility index (Phi) is 8.93. The molecule has 0 bridgehead atoms. The summed E-state index contributed by atoms with van der Waals surface area (Å²) in [5.74, 6) is 0.0379. The van der Waals surface area contributed by atoms with E-state index in [-0.39, 0.29) is 24.5 Å². The fourth-order valence-corrected chi connectivity index (χ4v) is 4.00. The van der Waals surface area contributed by atoms with Crippen LogP contribution in [0.15, 0.2) is 48.0 Å². The van der Waals surface area contributed by atoms with Gasteiger partial charge in [-0.15, -0.1) is 0 Å². The topological polar surface area (TPSA) is 85.3 Å². The largest absolute Gasteiger partial charge is 0.507 e. The zero-order valence-corrected chi connectivity index (χ0v) is 21.2. The number of rotatable bonds is 11. The molecule has 1 heterocycles. The van der Waals surface area contributed by atoms with Crippen molar-refractivity contribution in [1.29, 1.82) is 0 Å². The monoisotopic (exact) mass is 481 g/mol. The highest BCUT2D eigenvalue weighted by Crippen LogP contribution is 2.42. The van der Waals surface area contributed by atoms with Crippen LogP contribution in [0.3, 0.4) is 0 Å². The first-order valence-electron chi connectivity index (χ1n) is 12.0. The van der Waals surface area contributed by atoms with Gasteiger partial charge in [0.1, 0.15) is 5.76 Å². The van der Waals surface area contributed by atoms with Crippen LogP contribution in [-0.4, -0.2) is 55.2 Å². The van der Waals surface area contributed by atoms with E-state index in [1.165, 1.54) is 12.0 Å². The number of carbonyl (C=O) groups is 2. The van der Waals surface area contributed by atoms with Crippen molar-refractivity contribution >= 4 is 17.4 Å². The third-order valence-electron chi connectivity index (χ3n) is 5.94. The van der Waals surface area contributed by atoms with Crippen molar-refractivity contribution in [3.8, 4) is 11.5 Å². The second kappa shape index (κ2) is 11.9. The zero-order valence-electron chi connectivity index (χ0n) is 21.2. The quantitative estimate of drug-likeness (QED) is 0.280. The molecular formula is C28H35NO6. The highest BCUT2D eigenvalue weighted by Gasteiger charge is 2.46. The van der Waals surface area contributed by atoms with Gasteiger partial charge in [-0.2, -0.15) is 0 Å². The zero-order chi connectivity index (χ0) is 25.5. The molecule has 1 unspecified atom stereocenters. The lowest BCUT2D eigenvalue weighted by Crippen LogP contribution is -2.32. The Morgan fingerprint density at radius 2 is 1.74 bits per heavy atom. The SMILES string of the molecule is CCOc1cc(C2/C(=C(\O)c3ccc(C)cc3)C(=O)C(=O)N2CCOC)ccc1OCCC(C)C. The van der Waals surface area contributed by atoms with Crippen molar-refractivity contribution in [2.75, 3.05) is 33.5 Å². The lowest BCUT2D eigenvalue weighted by molar-refractivity contribution is -0.140. The minimum atomic E-state index is -0.782. The van der Waals surface area contributed by atoms with Gasteiger partial charge >= 0.3 is 0 Å². The minimum Gasteiger partial charge on any atom is -0.507 e. The summed E-state index contributed by atoms with van der Waals surface area (Å²) in [7, 11) is 1.54. The van der Waals surface area contributed by atoms with Crippen LogP contribution in [-0.2, 0) is 14.3 Å². The van der Waals surface area contributed by atoms with Crippen molar-refractivity contribution in [1.82, 2.24) is 4.90 Å². The average Bonchev–Trinajstić information content (AvgIpc) is 3.08. The van der Waals surface area contributed by atoms with Crippen molar-refractivity contribution in [3.63, 3.8) is 0 Å². The maximum Gasteiger partial charge on any atom is 0.295 e. The molecule has 1 saturated heterocycles. The van der Waals surface area contributed by atoms with Crippen molar-refractivity contribution in [2.24, 2.45) is 5.92 Å². The van der Waals surface area contributed by atoms with Crippen LogP contribution >= 0.6 is 0 Å². The van der Waals surface area contributed by atoms with Gasteiger partial charge in [0.15, 0.2) is 11.5 Å². The maximum atomic E-state index is 13.1. The Hall–Kier alpha value is -3.32. The molecule has 1 N–H and O–H groups in total. The van der Waals surface area contributed by atoms with E-state index in [0.717, 1.165) is 12.0 Å². The number of amides is 1. The normalized spacial score (nSPS) is 17.3. The molecule has 0 aliphatic carbocycles. The van der Waals surface area contributed by atoms with Gasteiger partial charge in [-0.3, -0.25) is 9.59 Å². The van der Waals surface area contributed by atoms with Gasteiger partial charge in [-0.05, 0) is 43.9 Å². The first-order chi connectivity index (χ1) is 16.8. The Labute approximate surface area is 207 Å². The first kappa shape index (κ1) is 26.3. The van der Waals surface area contributed by atoms with Gasteiger partial charge in [-0.25, -0.2) is 0 Å². The lowest BCUT2D eigenvalue weighted by Gasteiger charge is -2.26. The summed E-state index contributed by atoms with van der Waals surface area (Å²) in [5, 5.41) is 11.2. The third kappa shape index (κ3) is 6.03. The molecule has 1 aliphatic heterocycles. The maximum absolute atomic E-state index is 13.1. The van der Waals surface area contributed by atoms with E-state index in [1.54, 1.807) is 24.3 Å². The number of hydrogen-bond donors (Lipinski definition) is 1. The van der Waals surface area contributed by atoms with E-state index in [4.69, 9.17) is 14.2 Å². The summed E-state index contributed by atoms with van der Waals surface area (Å²) in [6.07, 6.45) is 0.904. The molecule has 0 spiro atoms. The van der Waals surface area contributed by atoms with E-state index in [0.29, 0.717) is 41.8 Å². The van der Waals surface area contributed by atoms with Crippen molar-refractivity contribution in [3.05, 3.63) is 64.7 Å². The van der Waals surface area contributed by atoms with Crippen LogP contribution in [0, 0.1) is 12.8 Å². The Balaban J connectivity index is 2.09. The van der Waals surface area contributed by atoms with Gasteiger partial charge in [0.05, 0.1) is 31.4 Å². The second-order valence-corrected chi connectivity index (χ2v) is 9.02. The van der Waals surface area contributed by atoms with E-state index in [9.17, 15) is 14.7 Å². The standard InChI is InChI=1S/C28H35NO6/c1-6-34-23-17-21(11-12-22(23)35-15-13-18(2)3)25-24(26(30)20-9-7-19(4)8-10-20)27(31)28(32)29(25)14-16-33-5/h7-12,17-18,25,30H,6,13-16H2,1-5H3/b26-24+. The summed E-state index contributed by atoms with van der Waals surface area (Å²) < 4.78 is 17.0. The summed E-state index contributed by atoms with van der Waals surface area (Å²) in [4.78, 5) is 27.6. The van der Waals surface area contributed by atoms with Crippen LogP contribution in [0.4, 0.5) is 0 Å². The highest BCUT2D eigenvalue weighted by atomic mass is 16.5. The molecule has 7 nitrogen and oxygen atoms in total. The van der Waals surface area contributed by atoms with Crippen LogP contribution in [0.1, 0.15) is 49.9 Å². The fraction of sp³-hybridized carbons (Fsp3) is 0.429. The summed E-state index contributed by atoms with van der Waals surface area (Å²) in [6, 6.07) is 11.8. The predicted molar refractivity (Wildman–Crippen MR) is 135 cm³/mol. The Morgan fingerprint density at radius 1 is 1.03 bits per heavy atom. The number of hydrogen-bond acceptors (Lipinski definition) is 6. The van der Waals surface area contributed by atoms with E-state index >= 15 is 0 Å². The molecule has 1 fully saturated rings. The van der Waals surface area contributed by atoms with Gasteiger partial charge in [0.25, 0.3) is 11.7 Å². The fourth-order valence-electron chi connectivity index (χ4n) is 4.00. The number of ether oxygens (including phenoxy) is 3. The number of methoxy groups -OCH3 is 1. The van der Waals surface area contributed by atoms with Gasteiger partial charge in [-0.1, -0.05) is 49.7 Å². The molecule has 188 valence electrons. The van der Waals surface area contributed by atoms with Crippen molar-refractivity contribution < 1.29 is 28.9 Å². The number of aryl methyl sites for hydroxylation is 1. The van der Waals surface area contributed by atoms with Crippen LogP contribution in [0.2, 0.25) is 0 Å². The number of ketones is 1. The smallest absolute Gasteiger partial charge is 0.295 e. The van der Waals surface area contributed by atoms with Crippen LogP contribution in [0.25, 0.3) is 5.76 Å². The molecule has 0 radical (unpaired) electrons. The molecule has 1 aliphatic rings. The molecule has 1 atom stereocenters. The number of nitrogens with zero attached hydrogens (tertiary/aromatic N) is 1. The number of aliphatic hydroxyl groups excluding tert-OH is 1. The summed E-state index contributed by atoms with van der Waals surface area (Å²) in [6.45, 7) is 9.52. The predicted octanol–water partition coefficient (Wildman–Crippen LogP) is 4.89. The molecule has 3 rings (SSSR count). The lowest BCUT2D eigenvalue weighted by atomic mass is 9.94. The first-order valence-corrected chi connectivity index (χ1v) is 12.0. The van der Waals surface area contributed by atoms with Gasteiger partial charge in [0, 0.05) is 19.2 Å². The molecule has 2 aromatic carbocycles. The number of benzene rings is 2. The van der Waals surface area contributed by atoms with E-state index < -0.39 is 17.7 Å². The van der Waals surface area contributed by atoms with Gasteiger partial charge in [0.2, 0.25) is 0 Å². The number of carbonyl (C=O) groups excluding carboxylic acids is 2. The molecule has 0 saturated carbocycles. The van der Waals surface area contributed by atoms with Gasteiger partial charge < -0.3 is 24.2 Å². The Bertz CT molecular complexity index is 1070. The molecular weight excluding hydrogens is 446 g/mol. The number of likely N-dealkylation sites (tertiary alicyclic amines) is 1. The summed E-state index contributed by atoms with van der Waals surface area (Å²) in [5.41, 5.74) is 2.19. The van der Waals surface area contributed by atoms with E-state index in [2.05, 4.69) is 13.8 Å². The average molecular weight is 482 g/mol. The summed E-state index contributed by atoms with van der Waals surface area (Å²) >= 11 is 0. The minimum absolute atomic E-state index is 0.0471. The third-order valence-corrected chi connectivity index (χ3v) is 5.94. The molecule has 35 heavy (non-hydrogen) atoms. The number of Topliss-reactive ketones (excluding diaryl/α,β-unsaturated/α-hetero) is 1. The molecule has 1 amide bonds. The molecule has 0 aromatic heterocycles. The molecule has 2 aromatic rings. The molecule has 7 heteroatoms. The number of aliphatic hydroxyl groups is 1. The highest BCUT2D eigenvalue weighted by molar-refractivity contribution is 6.46. The van der Waals surface area contributed by atoms with Crippen molar-refractivity contribution in [2.45, 2.75) is 40.2 Å². The van der Waals surface area contributed by atoms with Crippen LogP contribution < -0.4 is 9.47 Å². The Morgan fingerprint density at radius 3 is 2.37 bits per heavy atom.